The summed E-state index contributed by atoms with van der Waals surface area (Å²) in [5, 5.41) is 8.69. The van der Waals surface area contributed by atoms with Gasteiger partial charge in [-0.15, -0.1) is 0 Å². The van der Waals surface area contributed by atoms with Gasteiger partial charge in [-0.2, -0.15) is 0 Å². The van der Waals surface area contributed by atoms with E-state index in [4.69, 9.17) is 10.8 Å². The van der Waals surface area contributed by atoms with Crippen molar-refractivity contribution in [2.24, 2.45) is 5.73 Å². The Balaban J connectivity index is 2.89. The van der Waals surface area contributed by atoms with E-state index in [1.54, 1.807) is 12.3 Å². The second kappa shape index (κ2) is 4.72. The van der Waals surface area contributed by atoms with Gasteiger partial charge in [-0.1, -0.05) is 6.07 Å². The molecule has 4 nitrogen and oxygen atoms in total. The predicted molar refractivity (Wildman–Crippen MR) is 53.0 cm³/mol. The van der Waals surface area contributed by atoms with E-state index in [2.05, 4.69) is 4.98 Å². The summed E-state index contributed by atoms with van der Waals surface area (Å²) in [5.74, 6) is -0.968. The average molecular weight is 194 g/mol. The quantitative estimate of drug-likeness (QED) is 0.746. The van der Waals surface area contributed by atoms with E-state index in [9.17, 15) is 4.79 Å². The Morgan fingerprint density at radius 1 is 1.71 bits per heavy atom. The molecule has 0 fully saturated rings. The molecule has 0 aliphatic heterocycles. The Hall–Kier alpha value is -1.42. The second-order valence-corrected chi connectivity index (χ2v) is 3.21. The third-order valence-electron chi connectivity index (χ3n) is 2.19. The van der Waals surface area contributed by atoms with Crippen LogP contribution in [0.15, 0.2) is 18.3 Å². The van der Waals surface area contributed by atoms with E-state index in [1.165, 1.54) is 0 Å². The Morgan fingerprint density at radius 3 is 2.93 bits per heavy atom. The molecule has 14 heavy (non-hydrogen) atoms. The molecule has 0 bridgehead atoms. The first-order chi connectivity index (χ1) is 6.65. The monoisotopic (exact) mass is 194 g/mol. The fourth-order valence-electron chi connectivity index (χ4n) is 1.46. The number of aliphatic carboxylic acids is 1. The first-order valence-electron chi connectivity index (χ1n) is 4.48. The molecule has 0 amide bonds. The zero-order chi connectivity index (χ0) is 10.6. The minimum atomic E-state index is -0.830. The molecule has 0 saturated carbocycles. The number of carbonyl (C=O) groups is 1. The molecular weight excluding hydrogens is 180 g/mol. The third-order valence-corrected chi connectivity index (χ3v) is 2.19. The molecule has 1 heterocycles. The zero-order valence-electron chi connectivity index (χ0n) is 8.10. The maximum atomic E-state index is 10.6. The van der Waals surface area contributed by atoms with Crippen LogP contribution < -0.4 is 5.73 Å². The minimum Gasteiger partial charge on any atom is -0.481 e. The molecule has 1 aromatic rings. The van der Waals surface area contributed by atoms with E-state index in [0.29, 0.717) is 6.54 Å². The van der Waals surface area contributed by atoms with Gasteiger partial charge in [0.05, 0.1) is 6.42 Å². The largest absolute Gasteiger partial charge is 0.481 e. The van der Waals surface area contributed by atoms with E-state index in [-0.39, 0.29) is 12.3 Å². The molecule has 3 N–H and O–H groups in total. The van der Waals surface area contributed by atoms with Crippen molar-refractivity contribution in [1.82, 2.24) is 4.98 Å². The fourth-order valence-corrected chi connectivity index (χ4v) is 1.46. The topological polar surface area (TPSA) is 76.2 Å². The molecule has 0 radical (unpaired) electrons. The SMILES string of the molecule is Cc1ncccc1C(CN)CC(=O)O. The normalized spacial score (nSPS) is 12.4. The highest BCUT2D eigenvalue weighted by atomic mass is 16.4. The van der Waals surface area contributed by atoms with Crippen LogP contribution in [0.4, 0.5) is 0 Å². The third kappa shape index (κ3) is 2.53. The van der Waals surface area contributed by atoms with E-state index >= 15 is 0 Å². The molecule has 1 rings (SSSR count). The highest BCUT2D eigenvalue weighted by Crippen LogP contribution is 2.20. The molecule has 0 aromatic carbocycles. The molecule has 0 aliphatic rings. The fraction of sp³-hybridized carbons (Fsp3) is 0.400. The molecule has 76 valence electrons. The van der Waals surface area contributed by atoms with Crippen LogP contribution in [0.5, 0.6) is 0 Å². The average Bonchev–Trinajstić information content (AvgIpc) is 2.15. The summed E-state index contributed by atoms with van der Waals surface area (Å²) >= 11 is 0. The van der Waals surface area contributed by atoms with Crippen molar-refractivity contribution in [3.05, 3.63) is 29.6 Å². The number of hydrogen-bond acceptors (Lipinski definition) is 3. The second-order valence-electron chi connectivity index (χ2n) is 3.21. The summed E-state index contributed by atoms with van der Waals surface area (Å²) in [5.41, 5.74) is 7.31. The highest BCUT2D eigenvalue weighted by Gasteiger charge is 2.15. The van der Waals surface area contributed by atoms with Crippen LogP contribution in [0.3, 0.4) is 0 Å². The lowest BCUT2D eigenvalue weighted by molar-refractivity contribution is -0.137. The minimum absolute atomic E-state index is 0.0586. The molecule has 1 unspecified atom stereocenters. The summed E-state index contributed by atoms with van der Waals surface area (Å²) in [7, 11) is 0. The van der Waals surface area contributed by atoms with Crippen molar-refractivity contribution >= 4 is 5.97 Å². The number of hydrogen-bond donors (Lipinski definition) is 2. The van der Waals surface area contributed by atoms with Crippen molar-refractivity contribution in [1.29, 1.82) is 0 Å². The first kappa shape index (κ1) is 10.7. The number of pyridine rings is 1. The Kier molecular flexibility index (Phi) is 3.59. The number of nitrogens with zero attached hydrogens (tertiary/aromatic N) is 1. The molecule has 4 heteroatoms. The van der Waals surface area contributed by atoms with Crippen LogP contribution in [-0.4, -0.2) is 22.6 Å². The van der Waals surface area contributed by atoms with Crippen LogP contribution in [0.1, 0.15) is 23.6 Å². The van der Waals surface area contributed by atoms with Crippen LogP contribution in [0, 0.1) is 6.92 Å². The highest BCUT2D eigenvalue weighted by molar-refractivity contribution is 5.68. The molecule has 0 aliphatic carbocycles. The van der Waals surface area contributed by atoms with E-state index in [1.807, 2.05) is 13.0 Å². The predicted octanol–water partition coefficient (Wildman–Crippen LogP) is 0.907. The summed E-state index contributed by atoms with van der Waals surface area (Å²) < 4.78 is 0. The van der Waals surface area contributed by atoms with Crippen molar-refractivity contribution < 1.29 is 9.90 Å². The molecule has 0 saturated heterocycles. The van der Waals surface area contributed by atoms with Crippen LogP contribution in [0.2, 0.25) is 0 Å². The number of rotatable bonds is 4. The van der Waals surface area contributed by atoms with Crippen molar-refractivity contribution in [2.45, 2.75) is 19.3 Å². The van der Waals surface area contributed by atoms with Crippen molar-refractivity contribution in [3.63, 3.8) is 0 Å². The number of carboxylic acid groups (broad SMARTS) is 1. The lowest BCUT2D eigenvalue weighted by Gasteiger charge is -2.14. The Bertz CT molecular complexity index is 326. The van der Waals surface area contributed by atoms with Gasteiger partial charge >= 0.3 is 5.97 Å². The Morgan fingerprint density at radius 2 is 2.43 bits per heavy atom. The van der Waals surface area contributed by atoms with Gasteiger partial charge in [-0.05, 0) is 25.1 Å². The Labute approximate surface area is 82.8 Å². The molecular formula is C10H14N2O2. The van der Waals surface area contributed by atoms with Crippen molar-refractivity contribution in [2.75, 3.05) is 6.54 Å². The summed E-state index contributed by atoms with van der Waals surface area (Å²) in [6, 6.07) is 3.68. The van der Waals surface area contributed by atoms with Gasteiger partial charge in [0.25, 0.3) is 0 Å². The standard InChI is InChI=1S/C10H14N2O2/c1-7-9(3-2-4-12-7)8(6-11)5-10(13)14/h2-4,8H,5-6,11H2,1H3,(H,13,14). The zero-order valence-corrected chi connectivity index (χ0v) is 8.10. The lowest BCUT2D eigenvalue weighted by atomic mass is 9.95. The maximum Gasteiger partial charge on any atom is 0.304 e. The lowest BCUT2D eigenvalue weighted by Crippen LogP contribution is -2.17. The van der Waals surface area contributed by atoms with Gasteiger partial charge in [0, 0.05) is 17.8 Å². The summed E-state index contributed by atoms with van der Waals surface area (Å²) in [4.78, 5) is 14.7. The van der Waals surface area contributed by atoms with Gasteiger partial charge < -0.3 is 10.8 Å². The smallest absolute Gasteiger partial charge is 0.304 e. The van der Waals surface area contributed by atoms with Gasteiger partial charge in [0.15, 0.2) is 0 Å². The van der Waals surface area contributed by atoms with Gasteiger partial charge in [-0.3, -0.25) is 9.78 Å². The number of carboxylic acids is 1. The van der Waals surface area contributed by atoms with E-state index in [0.717, 1.165) is 11.3 Å². The molecule has 1 atom stereocenters. The van der Waals surface area contributed by atoms with Gasteiger partial charge in [0.2, 0.25) is 0 Å². The number of aryl methyl sites for hydroxylation is 1. The number of aromatic nitrogens is 1. The van der Waals surface area contributed by atoms with Crippen LogP contribution in [0.25, 0.3) is 0 Å². The molecule has 1 aromatic heterocycles. The molecule has 0 spiro atoms. The van der Waals surface area contributed by atoms with Crippen LogP contribution in [-0.2, 0) is 4.79 Å². The van der Waals surface area contributed by atoms with E-state index < -0.39 is 5.97 Å². The summed E-state index contributed by atoms with van der Waals surface area (Å²) in [6.07, 6.45) is 1.75. The van der Waals surface area contributed by atoms with Crippen molar-refractivity contribution in [3.8, 4) is 0 Å². The van der Waals surface area contributed by atoms with Crippen LogP contribution >= 0.6 is 0 Å². The van der Waals surface area contributed by atoms with Gasteiger partial charge in [0.1, 0.15) is 0 Å². The first-order valence-corrected chi connectivity index (χ1v) is 4.48. The number of nitrogens with two attached hydrogens (primary N) is 1. The van der Waals surface area contributed by atoms with Gasteiger partial charge in [-0.25, -0.2) is 0 Å². The maximum absolute atomic E-state index is 10.6. The summed E-state index contributed by atoms with van der Waals surface area (Å²) in [6.45, 7) is 2.19.